The van der Waals surface area contributed by atoms with Gasteiger partial charge in [-0.15, -0.1) is 0 Å². The van der Waals surface area contributed by atoms with Crippen LogP contribution in [-0.4, -0.2) is 37.2 Å². The standard InChI is InChI=1S/C20H21ClN2O2S2/c1-13-3-4-14(2)18(9-13)23-19-12-27(24,25)11-17(19)22-20(23)26-10-15-5-7-16(21)8-6-15/h3-9,17,19H,10-12H2,1-2H3. The number of halogens is 1. The summed E-state index contributed by atoms with van der Waals surface area (Å²) in [5.74, 6) is 1.08. The van der Waals surface area contributed by atoms with Crippen LogP contribution in [0.2, 0.25) is 5.02 Å². The van der Waals surface area contributed by atoms with Crippen LogP contribution in [0.5, 0.6) is 0 Å². The number of hydrogen-bond acceptors (Lipinski definition) is 5. The number of sulfone groups is 1. The summed E-state index contributed by atoms with van der Waals surface area (Å²) in [4.78, 5) is 6.96. The van der Waals surface area contributed by atoms with E-state index < -0.39 is 9.84 Å². The Hall–Kier alpha value is -1.50. The number of anilines is 1. The number of benzene rings is 2. The maximum atomic E-state index is 12.2. The van der Waals surface area contributed by atoms with Gasteiger partial charge in [0.05, 0.1) is 23.6 Å². The second-order valence-electron chi connectivity index (χ2n) is 7.20. The first-order chi connectivity index (χ1) is 12.8. The highest BCUT2D eigenvalue weighted by atomic mass is 35.5. The summed E-state index contributed by atoms with van der Waals surface area (Å²) in [6, 6.07) is 13.8. The summed E-state index contributed by atoms with van der Waals surface area (Å²) in [7, 11) is -3.04. The molecular weight excluding hydrogens is 400 g/mol. The van der Waals surface area contributed by atoms with Gasteiger partial charge in [-0.05, 0) is 48.7 Å². The predicted molar refractivity (Wildman–Crippen MR) is 115 cm³/mol. The Kier molecular flexibility index (Phi) is 4.99. The van der Waals surface area contributed by atoms with Crippen LogP contribution in [-0.2, 0) is 15.6 Å². The normalized spacial score (nSPS) is 23.4. The first-order valence-electron chi connectivity index (χ1n) is 8.84. The molecule has 0 amide bonds. The Bertz CT molecular complexity index is 1000. The zero-order valence-electron chi connectivity index (χ0n) is 15.2. The Labute approximate surface area is 169 Å². The monoisotopic (exact) mass is 420 g/mol. The molecule has 2 aliphatic rings. The number of amidine groups is 1. The first kappa shape index (κ1) is 18.8. The van der Waals surface area contributed by atoms with Crippen LogP contribution < -0.4 is 4.90 Å². The fourth-order valence-electron chi connectivity index (χ4n) is 3.62. The van der Waals surface area contributed by atoms with Gasteiger partial charge in [0.25, 0.3) is 0 Å². The highest BCUT2D eigenvalue weighted by Gasteiger charge is 2.47. The lowest BCUT2D eigenvalue weighted by atomic mass is 10.1. The Morgan fingerprint density at radius 1 is 1.15 bits per heavy atom. The van der Waals surface area contributed by atoms with Crippen LogP contribution in [0.1, 0.15) is 16.7 Å². The largest absolute Gasteiger partial charge is 0.315 e. The molecule has 0 saturated carbocycles. The van der Waals surface area contributed by atoms with Gasteiger partial charge in [0.15, 0.2) is 15.0 Å². The molecule has 0 N–H and O–H groups in total. The molecule has 1 fully saturated rings. The predicted octanol–water partition coefficient (Wildman–Crippen LogP) is 4.23. The molecule has 0 aliphatic carbocycles. The summed E-state index contributed by atoms with van der Waals surface area (Å²) < 4.78 is 24.4. The second kappa shape index (κ2) is 7.15. The molecule has 2 heterocycles. The molecule has 0 radical (unpaired) electrons. The van der Waals surface area contributed by atoms with Crippen LogP contribution in [0.3, 0.4) is 0 Å². The number of thioether (sulfide) groups is 1. The van der Waals surface area contributed by atoms with E-state index in [4.69, 9.17) is 16.6 Å². The van der Waals surface area contributed by atoms with E-state index in [1.54, 1.807) is 11.8 Å². The van der Waals surface area contributed by atoms with E-state index in [-0.39, 0.29) is 23.6 Å². The van der Waals surface area contributed by atoms with E-state index in [1.807, 2.05) is 24.3 Å². The van der Waals surface area contributed by atoms with Gasteiger partial charge in [-0.25, -0.2) is 8.42 Å². The minimum Gasteiger partial charge on any atom is -0.315 e. The maximum Gasteiger partial charge on any atom is 0.164 e. The highest BCUT2D eigenvalue weighted by molar-refractivity contribution is 8.13. The highest BCUT2D eigenvalue weighted by Crippen LogP contribution is 2.37. The van der Waals surface area contributed by atoms with Crippen LogP contribution in [0, 0.1) is 13.8 Å². The molecule has 0 spiro atoms. The zero-order valence-corrected chi connectivity index (χ0v) is 17.6. The van der Waals surface area contributed by atoms with E-state index in [9.17, 15) is 8.42 Å². The zero-order chi connectivity index (χ0) is 19.2. The lowest BCUT2D eigenvalue weighted by molar-refractivity contribution is 0.601. The van der Waals surface area contributed by atoms with Crippen LogP contribution in [0.25, 0.3) is 0 Å². The van der Waals surface area contributed by atoms with Gasteiger partial charge in [-0.3, -0.25) is 4.99 Å². The van der Waals surface area contributed by atoms with Crippen LogP contribution in [0.15, 0.2) is 47.5 Å². The fraction of sp³-hybridized carbons (Fsp3) is 0.350. The molecule has 4 nitrogen and oxygen atoms in total. The van der Waals surface area contributed by atoms with Gasteiger partial charge in [0.2, 0.25) is 0 Å². The Morgan fingerprint density at radius 3 is 2.63 bits per heavy atom. The molecule has 2 unspecified atom stereocenters. The van der Waals surface area contributed by atoms with Crippen LogP contribution in [0.4, 0.5) is 5.69 Å². The quantitative estimate of drug-likeness (QED) is 0.745. The summed E-state index contributed by atoms with van der Waals surface area (Å²) in [6.07, 6.45) is 0. The maximum absolute atomic E-state index is 12.2. The van der Waals surface area contributed by atoms with Crippen molar-refractivity contribution in [2.75, 3.05) is 16.4 Å². The van der Waals surface area contributed by atoms with Gasteiger partial charge in [-0.1, -0.05) is 47.6 Å². The smallest absolute Gasteiger partial charge is 0.164 e. The van der Waals surface area contributed by atoms with E-state index in [0.717, 1.165) is 38.3 Å². The Morgan fingerprint density at radius 2 is 1.89 bits per heavy atom. The van der Waals surface area contributed by atoms with Gasteiger partial charge < -0.3 is 4.90 Å². The van der Waals surface area contributed by atoms with Crippen molar-refractivity contribution in [3.8, 4) is 0 Å². The van der Waals surface area contributed by atoms with Gasteiger partial charge in [-0.2, -0.15) is 0 Å². The van der Waals surface area contributed by atoms with Gasteiger partial charge in [0, 0.05) is 16.5 Å². The van der Waals surface area contributed by atoms with Crippen molar-refractivity contribution in [3.63, 3.8) is 0 Å². The lowest BCUT2D eigenvalue weighted by Gasteiger charge is -2.28. The molecule has 2 aromatic rings. The minimum absolute atomic E-state index is 0.108. The molecule has 27 heavy (non-hydrogen) atoms. The average Bonchev–Trinajstić information content (AvgIpc) is 3.08. The van der Waals surface area contributed by atoms with Crippen molar-refractivity contribution < 1.29 is 8.42 Å². The summed E-state index contributed by atoms with van der Waals surface area (Å²) in [5.41, 5.74) is 4.51. The first-order valence-corrected chi connectivity index (χ1v) is 12.0. The molecule has 1 saturated heterocycles. The second-order valence-corrected chi connectivity index (χ2v) is 10.7. The van der Waals surface area contributed by atoms with Crippen molar-refractivity contribution in [3.05, 3.63) is 64.2 Å². The Balaban J connectivity index is 1.65. The SMILES string of the molecule is Cc1ccc(C)c(N2C(SCc3ccc(Cl)cc3)=NC3CS(=O)(=O)CC32)c1. The summed E-state index contributed by atoms with van der Waals surface area (Å²) in [5, 5.41) is 1.63. The lowest BCUT2D eigenvalue weighted by Crippen LogP contribution is -2.39. The number of aryl methyl sites for hydroxylation is 2. The van der Waals surface area contributed by atoms with Crippen molar-refractivity contribution in [2.45, 2.75) is 31.7 Å². The third-order valence-electron chi connectivity index (χ3n) is 5.01. The fourth-order valence-corrected chi connectivity index (χ4v) is 6.66. The summed E-state index contributed by atoms with van der Waals surface area (Å²) >= 11 is 7.63. The molecule has 2 aliphatic heterocycles. The van der Waals surface area contributed by atoms with E-state index in [0.29, 0.717) is 0 Å². The van der Waals surface area contributed by atoms with E-state index in [1.165, 1.54) is 0 Å². The van der Waals surface area contributed by atoms with Gasteiger partial charge >= 0.3 is 0 Å². The average molecular weight is 421 g/mol. The number of rotatable bonds is 3. The molecule has 142 valence electrons. The molecule has 2 aromatic carbocycles. The van der Waals surface area contributed by atoms with Crippen molar-refractivity contribution in [1.29, 1.82) is 0 Å². The minimum atomic E-state index is -3.04. The number of hydrogen-bond donors (Lipinski definition) is 0. The van der Waals surface area contributed by atoms with Crippen molar-refractivity contribution in [2.24, 2.45) is 4.99 Å². The van der Waals surface area contributed by atoms with Crippen molar-refractivity contribution >= 4 is 44.1 Å². The molecule has 0 aromatic heterocycles. The number of nitrogens with zero attached hydrogens (tertiary/aromatic N) is 2. The topological polar surface area (TPSA) is 49.7 Å². The van der Waals surface area contributed by atoms with E-state index in [2.05, 4.69) is 36.9 Å². The molecule has 2 atom stereocenters. The van der Waals surface area contributed by atoms with Gasteiger partial charge in [0.1, 0.15) is 0 Å². The number of aliphatic imine (C=N–C) groups is 1. The molecular formula is C20H21ClN2O2S2. The molecule has 4 rings (SSSR count). The number of fused-ring (bicyclic) bond motifs is 1. The molecule has 0 bridgehead atoms. The third kappa shape index (κ3) is 3.89. The molecule has 7 heteroatoms. The van der Waals surface area contributed by atoms with Crippen LogP contribution >= 0.6 is 23.4 Å². The third-order valence-corrected chi connectivity index (χ3v) is 8.00. The summed E-state index contributed by atoms with van der Waals surface area (Å²) in [6.45, 7) is 4.12. The van der Waals surface area contributed by atoms with Crippen molar-refractivity contribution in [1.82, 2.24) is 0 Å². The van der Waals surface area contributed by atoms with E-state index >= 15 is 0 Å².